The van der Waals surface area contributed by atoms with Crippen molar-refractivity contribution < 1.29 is 22.7 Å². The third kappa shape index (κ3) is 8.38. The second-order valence-electron chi connectivity index (χ2n) is 10.7. The van der Waals surface area contributed by atoms with Crippen LogP contribution in [0.2, 0.25) is 10.0 Å². The molecule has 41 heavy (non-hydrogen) atoms. The Bertz CT molecular complexity index is 1510. The van der Waals surface area contributed by atoms with Crippen molar-refractivity contribution in [3.8, 4) is 5.75 Å². The molecule has 0 aliphatic carbocycles. The molecule has 0 fully saturated rings. The first-order valence-corrected chi connectivity index (χ1v) is 15.1. The van der Waals surface area contributed by atoms with Crippen LogP contribution in [0.4, 0.5) is 5.69 Å². The zero-order chi connectivity index (χ0) is 30.5. The van der Waals surface area contributed by atoms with Crippen molar-refractivity contribution in [2.75, 3.05) is 18.0 Å². The topological polar surface area (TPSA) is 96.0 Å². The molecule has 220 valence electrons. The van der Waals surface area contributed by atoms with Gasteiger partial charge in [-0.1, -0.05) is 53.0 Å². The maximum Gasteiger partial charge on any atom is 0.264 e. The van der Waals surface area contributed by atoms with Gasteiger partial charge in [0.2, 0.25) is 11.8 Å². The van der Waals surface area contributed by atoms with Crippen LogP contribution in [0.1, 0.15) is 38.8 Å². The summed E-state index contributed by atoms with van der Waals surface area (Å²) in [6.45, 7) is 8.34. The molecule has 3 aromatic rings. The molecule has 1 atom stereocenters. The molecule has 0 heterocycles. The van der Waals surface area contributed by atoms with Crippen molar-refractivity contribution in [3.05, 3.63) is 87.9 Å². The van der Waals surface area contributed by atoms with E-state index in [-0.39, 0.29) is 33.1 Å². The minimum absolute atomic E-state index is 0.0233. The molecular formula is C30H35Cl2N3O5S. The lowest BCUT2D eigenvalue weighted by Gasteiger charge is -2.33. The first-order chi connectivity index (χ1) is 19.1. The number of methoxy groups -OCH3 is 1. The average Bonchev–Trinajstić information content (AvgIpc) is 2.90. The highest BCUT2D eigenvalue weighted by Crippen LogP contribution is 2.33. The quantitative estimate of drug-likeness (QED) is 0.308. The Balaban J connectivity index is 2.09. The van der Waals surface area contributed by atoms with Crippen molar-refractivity contribution in [2.24, 2.45) is 0 Å². The van der Waals surface area contributed by atoms with E-state index in [1.807, 2.05) is 27.7 Å². The van der Waals surface area contributed by atoms with Crippen LogP contribution in [0.5, 0.6) is 5.75 Å². The zero-order valence-electron chi connectivity index (χ0n) is 23.9. The van der Waals surface area contributed by atoms with E-state index < -0.39 is 34.1 Å². The number of rotatable bonds is 10. The summed E-state index contributed by atoms with van der Waals surface area (Å²) in [6, 6.07) is 16.8. The van der Waals surface area contributed by atoms with Gasteiger partial charge >= 0.3 is 0 Å². The van der Waals surface area contributed by atoms with Gasteiger partial charge in [-0.3, -0.25) is 13.9 Å². The number of carbonyl (C=O) groups excluding carboxylic acids is 2. The molecule has 0 saturated carbocycles. The van der Waals surface area contributed by atoms with E-state index in [1.54, 1.807) is 43.3 Å². The van der Waals surface area contributed by atoms with Gasteiger partial charge in [0.05, 0.1) is 22.7 Å². The maximum absolute atomic E-state index is 14.1. The number of nitrogens with zero attached hydrogens (tertiary/aromatic N) is 2. The van der Waals surface area contributed by atoms with Crippen LogP contribution < -0.4 is 14.4 Å². The summed E-state index contributed by atoms with van der Waals surface area (Å²) in [6.07, 6.45) is 0. The van der Waals surface area contributed by atoms with Crippen molar-refractivity contribution >= 4 is 50.7 Å². The Morgan fingerprint density at radius 3 is 2.27 bits per heavy atom. The first kappa shape index (κ1) is 32.2. The lowest BCUT2D eigenvalue weighted by Crippen LogP contribution is -2.54. The molecule has 0 unspecified atom stereocenters. The fourth-order valence-electron chi connectivity index (χ4n) is 4.05. The van der Waals surface area contributed by atoms with E-state index in [1.165, 1.54) is 42.3 Å². The predicted molar refractivity (Wildman–Crippen MR) is 163 cm³/mol. The van der Waals surface area contributed by atoms with Crippen LogP contribution in [0.25, 0.3) is 0 Å². The molecule has 1 N–H and O–H groups in total. The molecule has 0 aromatic heterocycles. The molecule has 11 heteroatoms. The van der Waals surface area contributed by atoms with Gasteiger partial charge in [0.15, 0.2) is 0 Å². The van der Waals surface area contributed by atoms with Crippen LogP contribution in [-0.4, -0.2) is 50.4 Å². The van der Waals surface area contributed by atoms with Crippen molar-refractivity contribution in [3.63, 3.8) is 0 Å². The van der Waals surface area contributed by atoms with E-state index in [9.17, 15) is 18.0 Å². The van der Waals surface area contributed by atoms with Gasteiger partial charge < -0.3 is 15.0 Å². The van der Waals surface area contributed by atoms with Gasteiger partial charge in [0.1, 0.15) is 18.3 Å². The number of benzene rings is 3. The number of hydrogen-bond donors (Lipinski definition) is 1. The number of halogens is 2. The van der Waals surface area contributed by atoms with Crippen LogP contribution in [0, 0.1) is 6.92 Å². The Morgan fingerprint density at radius 1 is 1.00 bits per heavy atom. The largest absolute Gasteiger partial charge is 0.497 e. The van der Waals surface area contributed by atoms with Crippen molar-refractivity contribution in [1.82, 2.24) is 10.2 Å². The fraction of sp³-hybridized carbons (Fsp3) is 0.333. The number of carbonyl (C=O) groups is 2. The summed E-state index contributed by atoms with van der Waals surface area (Å²) >= 11 is 12.7. The Morgan fingerprint density at radius 2 is 1.66 bits per heavy atom. The van der Waals surface area contributed by atoms with Gasteiger partial charge in [-0.15, -0.1) is 0 Å². The second kappa shape index (κ2) is 13.1. The van der Waals surface area contributed by atoms with E-state index in [0.29, 0.717) is 11.3 Å². The molecular weight excluding hydrogens is 585 g/mol. The molecule has 0 bridgehead atoms. The summed E-state index contributed by atoms with van der Waals surface area (Å²) < 4.78 is 34.2. The van der Waals surface area contributed by atoms with Crippen LogP contribution in [-0.2, 0) is 26.2 Å². The van der Waals surface area contributed by atoms with Gasteiger partial charge in [-0.25, -0.2) is 8.42 Å². The van der Waals surface area contributed by atoms with E-state index in [2.05, 4.69) is 5.32 Å². The number of nitrogens with one attached hydrogen (secondary N) is 1. The number of sulfonamides is 1. The van der Waals surface area contributed by atoms with Crippen LogP contribution >= 0.6 is 23.2 Å². The highest BCUT2D eigenvalue weighted by atomic mass is 35.5. The molecule has 2 amide bonds. The van der Waals surface area contributed by atoms with Gasteiger partial charge in [0.25, 0.3) is 10.0 Å². The second-order valence-corrected chi connectivity index (χ2v) is 13.4. The first-order valence-electron chi connectivity index (χ1n) is 12.9. The molecule has 0 radical (unpaired) electrons. The maximum atomic E-state index is 14.1. The highest BCUT2D eigenvalue weighted by molar-refractivity contribution is 7.92. The zero-order valence-corrected chi connectivity index (χ0v) is 26.3. The Hall–Kier alpha value is -3.27. The van der Waals surface area contributed by atoms with Crippen LogP contribution in [0.3, 0.4) is 0 Å². The Labute approximate surface area is 252 Å². The number of aryl methyl sites for hydroxylation is 1. The fourth-order valence-corrected chi connectivity index (χ4v) is 5.91. The molecule has 0 aliphatic heterocycles. The summed E-state index contributed by atoms with van der Waals surface area (Å²) in [5.41, 5.74) is 1.06. The number of hydrogen-bond acceptors (Lipinski definition) is 5. The van der Waals surface area contributed by atoms with E-state index in [0.717, 1.165) is 9.87 Å². The number of ether oxygens (including phenoxy) is 1. The molecule has 3 rings (SSSR count). The average molecular weight is 621 g/mol. The summed E-state index contributed by atoms with van der Waals surface area (Å²) in [5.74, 6) is -0.422. The Kier molecular flexibility index (Phi) is 10.3. The highest BCUT2D eigenvalue weighted by Gasteiger charge is 2.34. The minimum atomic E-state index is -4.27. The standard InChI is InChI=1S/C30H35Cl2N3O5S/c1-20-10-13-25(14-11-20)41(38,39)35(27-17-23(31)12-15-26(27)32)19-28(36)34(21(2)29(37)33-30(3,4)5)18-22-8-7-9-24(16-22)40-6/h7-17,21H,18-19H2,1-6H3,(H,33,37)/t21-/m0/s1. The molecule has 0 saturated heterocycles. The van der Waals surface area contributed by atoms with E-state index >= 15 is 0 Å². The number of amides is 2. The van der Waals surface area contributed by atoms with Gasteiger partial charge in [-0.2, -0.15) is 0 Å². The van der Waals surface area contributed by atoms with Crippen LogP contribution in [0.15, 0.2) is 71.6 Å². The lowest BCUT2D eigenvalue weighted by atomic mass is 10.1. The van der Waals surface area contributed by atoms with E-state index in [4.69, 9.17) is 27.9 Å². The lowest BCUT2D eigenvalue weighted by molar-refractivity contribution is -0.140. The smallest absolute Gasteiger partial charge is 0.264 e. The van der Waals surface area contributed by atoms with Crippen molar-refractivity contribution in [1.29, 1.82) is 0 Å². The SMILES string of the molecule is COc1cccc(CN(C(=O)CN(c2cc(Cl)ccc2Cl)S(=O)(=O)c2ccc(C)cc2)[C@@H](C)C(=O)NC(C)(C)C)c1. The molecule has 0 spiro atoms. The summed E-state index contributed by atoms with van der Waals surface area (Å²) in [4.78, 5) is 28.6. The normalized spacial score (nSPS) is 12.4. The molecule has 8 nitrogen and oxygen atoms in total. The summed E-state index contributed by atoms with van der Waals surface area (Å²) in [5, 5.41) is 3.23. The van der Waals surface area contributed by atoms with Gasteiger partial charge in [0, 0.05) is 17.1 Å². The minimum Gasteiger partial charge on any atom is -0.497 e. The van der Waals surface area contributed by atoms with Gasteiger partial charge in [-0.05, 0) is 82.6 Å². The van der Waals surface area contributed by atoms with Crippen molar-refractivity contribution in [2.45, 2.75) is 57.6 Å². The molecule has 3 aromatic carbocycles. The monoisotopic (exact) mass is 619 g/mol. The molecule has 0 aliphatic rings. The predicted octanol–water partition coefficient (Wildman–Crippen LogP) is 5.84. The third-order valence-corrected chi connectivity index (χ3v) is 8.55. The third-order valence-electron chi connectivity index (χ3n) is 6.22. The summed E-state index contributed by atoms with van der Waals surface area (Å²) in [7, 11) is -2.74. The number of anilines is 1.